The molecule has 4 unspecified atom stereocenters. The minimum absolute atomic E-state index is 0. The first-order valence-electron chi connectivity index (χ1n) is 26.7. The number of rotatable bonds is 21. The van der Waals surface area contributed by atoms with Gasteiger partial charge in [-0.3, -0.25) is 14.4 Å². The fourth-order valence-corrected chi connectivity index (χ4v) is 11.3. The van der Waals surface area contributed by atoms with Crippen LogP contribution in [0.5, 0.6) is 0 Å². The first kappa shape index (κ1) is 67.1. The quantitative estimate of drug-likeness (QED) is 0.0204. The second kappa shape index (κ2) is 33.5. The van der Waals surface area contributed by atoms with Crippen LogP contribution >= 0.6 is 22.7 Å². The fraction of sp³-hybridized carbons (Fsp3) is 0.517. The number of carbonyl (C=O) groups is 4. The number of carboxylic acids is 1. The maximum atomic E-state index is 12.4. The molecule has 1 saturated heterocycles. The number of ether oxygens (including phenoxy) is 4. The van der Waals surface area contributed by atoms with Crippen molar-refractivity contribution in [2.75, 3.05) is 62.5 Å². The van der Waals surface area contributed by atoms with Crippen LogP contribution in [-0.4, -0.2) is 93.8 Å². The van der Waals surface area contributed by atoms with E-state index in [9.17, 15) is 29.5 Å². The van der Waals surface area contributed by atoms with Crippen molar-refractivity contribution in [2.24, 2.45) is 44.1 Å². The van der Waals surface area contributed by atoms with Crippen molar-refractivity contribution < 1.29 is 77.9 Å². The number of aliphatic hydroxyl groups is 1. The SMILES string of the molecule is O=C1OC(=O)C2CCCCC12.[C-]#[N+]c1c(N=Nc2ccc(N(CCOCCOC(=O)C3CCCCC3C(=O)[O-])C(C)C)cc2C)sc(C#N)c1C.[C-]#[N+]c1sc(N=Nc2ccc(N(CCOCCO)C(C)C)cc2C)c([N+]#[C-])c1C.[Na+]. The molecule has 2 aromatic carbocycles. The summed E-state index contributed by atoms with van der Waals surface area (Å²) in [7, 11) is 0. The number of thiophene rings is 2. The van der Waals surface area contributed by atoms with Gasteiger partial charge in [-0.05, 0) is 133 Å². The Kier molecular flexibility index (Phi) is 27.7. The molecule has 0 bridgehead atoms. The zero-order valence-corrected chi connectivity index (χ0v) is 51.3. The van der Waals surface area contributed by atoms with Crippen LogP contribution in [0.1, 0.15) is 106 Å². The smallest absolute Gasteiger partial charge is 0.550 e. The third kappa shape index (κ3) is 18.5. The molecule has 4 atom stereocenters. The topological polar surface area (TPSA) is 241 Å². The average Bonchev–Trinajstić information content (AvgIpc) is 4.07. The molecule has 1 aliphatic heterocycles. The normalized spacial score (nSPS) is 17.3. The van der Waals surface area contributed by atoms with Crippen LogP contribution in [0.3, 0.4) is 0 Å². The number of anilines is 2. The number of aliphatic carboxylic acids is 1. The molecule has 23 heteroatoms. The van der Waals surface area contributed by atoms with Crippen molar-refractivity contribution in [1.29, 1.82) is 5.26 Å². The Morgan fingerprint density at radius 2 is 1.20 bits per heavy atom. The molecule has 3 heterocycles. The minimum Gasteiger partial charge on any atom is -0.550 e. The summed E-state index contributed by atoms with van der Waals surface area (Å²) in [5.41, 5.74) is 7.38. The van der Waals surface area contributed by atoms with Crippen LogP contribution in [0.4, 0.5) is 49.1 Å². The van der Waals surface area contributed by atoms with Crippen molar-refractivity contribution >= 4 is 95.7 Å². The van der Waals surface area contributed by atoms with Crippen molar-refractivity contribution in [2.45, 2.75) is 119 Å². The Labute approximate surface area is 504 Å². The molecule has 81 heavy (non-hydrogen) atoms. The van der Waals surface area contributed by atoms with Crippen molar-refractivity contribution in [3.05, 3.63) is 97.8 Å². The maximum absolute atomic E-state index is 12.4. The number of azo groups is 2. The zero-order chi connectivity index (χ0) is 58.5. The number of aryl methyl sites for hydroxylation is 2. The molecule has 2 aromatic heterocycles. The summed E-state index contributed by atoms with van der Waals surface area (Å²) in [6, 6.07) is 14.4. The van der Waals surface area contributed by atoms with Crippen molar-refractivity contribution in [1.82, 2.24) is 0 Å². The van der Waals surface area contributed by atoms with E-state index in [2.05, 4.69) is 89.4 Å². The average molecular weight is 1150 g/mol. The first-order valence-corrected chi connectivity index (χ1v) is 28.3. The van der Waals surface area contributed by atoms with E-state index < -0.39 is 23.8 Å². The van der Waals surface area contributed by atoms with Crippen LogP contribution in [-0.2, 0) is 38.1 Å². The van der Waals surface area contributed by atoms with Gasteiger partial charge in [0.2, 0.25) is 16.4 Å². The predicted molar refractivity (Wildman–Crippen MR) is 304 cm³/mol. The van der Waals surface area contributed by atoms with E-state index in [0.29, 0.717) is 93.3 Å². The number of carbonyl (C=O) groups excluding carboxylic acids is 4. The molecule has 424 valence electrons. The second-order valence-electron chi connectivity index (χ2n) is 19.9. The van der Waals surface area contributed by atoms with Gasteiger partial charge in [0.25, 0.3) is 0 Å². The molecular formula is C58H69N10NaO10S2. The number of cyclic esters (lactones) is 2. The second-order valence-corrected chi connectivity index (χ2v) is 21.9. The molecule has 3 fully saturated rings. The monoisotopic (exact) mass is 1150 g/mol. The Morgan fingerprint density at radius 1 is 0.716 bits per heavy atom. The Bertz CT molecular complexity index is 3040. The first-order chi connectivity index (χ1) is 38.4. The number of esters is 3. The Hall–Kier alpha value is -6.44. The van der Waals surface area contributed by atoms with Crippen LogP contribution in [0.15, 0.2) is 56.9 Å². The number of hydrogen-bond donors (Lipinski definition) is 1. The van der Waals surface area contributed by atoms with Crippen molar-refractivity contribution in [3.8, 4) is 6.07 Å². The van der Waals surface area contributed by atoms with Gasteiger partial charge in [0.15, 0.2) is 0 Å². The van der Waals surface area contributed by atoms with E-state index in [1.54, 1.807) is 13.8 Å². The standard InChI is InChI=1S/C29H35N5O5S.C21H25N5O2S.C8H10O3.Na/c1-18(2)34(12-13-38-14-15-39-29(37)23-9-7-6-8-22(23)28(35)36)21-10-11-24(19(3)16-21)32-33-27-26(31-5)20(4)25(17-30)40-27;1-14(2)26(9-11-28-12-10-27)17-7-8-18(15(3)13-17)24-25-21-19(22-5)16(4)20(23-6)29-21;9-7-5-3-1-2-4-6(5)8(10)11-7;/h10-11,16,18,22-23H,6-9,12-15H2,1-4H3,(H,35,36);7-8,13-14,27H,9-12H2,1-4H3;5-6H,1-4H2;/q;;;+1/p-1. The molecule has 0 spiro atoms. The van der Waals surface area contributed by atoms with E-state index in [4.69, 9.17) is 39.0 Å². The van der Waals surface area contributed by atoms with E-state index >= 15 is 0 Å². The molecule has 0 radical (unpaired) electrons. The molecule has 3 aliphatic rings. The summed E-state index contributed by atoms with van der Waals surface area (Å²) < 4.78 is 20.9. The molecular weight excluding hydrogens is 1080 g/mol. The third-order valence-corrected chi connectivity index (χ3v) is 16.1. The van der Waals surface area contributed by atoms with Gasteiger partial charge >= 0.3 is 47.5 Å². The fourth-order valence-electron chi connectivity index (χ4n) is 9.55. The van der Waals surface area contributed by atoms with Crippen LogP contribution in [0.2, 0.25) is 0 Å². The number of hydrogen-bond acceptors (Lipinski definition) is 19. The zero-order valence-electron chi connectivity index (χ0n) is 47.7. The number of carboxylic acid groups (broad SMARTS) is 1. The molecule has 4 aromatic rings. The number of fused-ring (bicyclic) bond motifs is 1. The number of nitrogens with zero attached hydrogens (tertiary/aromatic N) is 10. The van der Waals surface area contributed by atoms with E-state index in [1.807, 2.05) is 44.2 Å². The van der Waals surface area contributed by atoms with Gasteiger partial charge in [-0.1, -0.05) is 32.6 Å². The maximum Gasteiger partial charge on any atom is 1.00 e. The Morgan fingerprint density at radius 3 is 1.65 bits per heavy atom. The van der Waals surface area contributed by atoms with Gasteiger partial charge in [0.05, 0.1) is 86.8 Å². The minimum atomic E-state index is -1.18. The van der Waals surface area contributed by atoms with Gasteiger partial charge in [-0.15, -0.1) is 22.7 Å². The van der Waals surface area contributed by atoms with Gasteiger partial charge in [0.1, 0.15) is 22.7 Å². The van der Waals surface area contributed by atoms with Gasteiger partial charge in [0, 0.05) is 48.4 Å². The van der Waals surface area contributed by atoms with Crippen LogP contribution in [0.25, 0.3) is 14.5 Å². The predicted octanol–water partition coefficient (Wildman–Crippen LogP) is 9.52. The number of aliphatic hydroxyl groups excluding tert-OH is 1. The Balaban J connectivity index is 0.000000298. The summed E-state index contributed by atoms with van der Waals surface area (Å²) in [4.78, 5) is 61.0. The van der Waals surface area contributed by atoms with Crippen LogP contribution in [0, 0.1) is 82.4 Å². The van der Waals surface area contributed by atoms with Gasteiger partial charge in [-0.2, -0.15) is 25.7 Å². The molecule has 2 saturated carbocycles. The van der Waals surface area contributed by atoms with E-state index in [0.717, 1.165) is 84.6 Å². The van der Waals surface area contributed by atoms with Crippen molar-refractivity contribution in [3.63, 3.8) is 0 Å². The summed E-state index contributed by atoms with van der Waals surface area (Å²) >= 11 is 2.35. The molecule has 1 N–H and O–H groups in total. The third-order valence-electron chi connectivity index (χ3n) is 14.0. The molecule has 2 aliphatic carbocycles. The molecule has 0 amide bonds. The number of benzene rings is 2. The largest absolute Gasteiger partial charge is 1.00 e. The van der Waals surface area contributed by atoms with E-state index in [1.165, 1.54) is 11.3 Å². The summed E-state index contributed by atoms with van der Waals surface area (Å²) in [5, 5.41) is 47.9. The summed E-state index contributed by atoms with van der Waals surface area (Å²) in [6.45, 7) is 40.7. The summed E-state index contributed by atoms with van der Waals surface area (Å²) in [6.07, 6.45) is 6.37. The van der Waals surface area contributed by atoms with Crippen LogP contribution < -0.4 is 44.5 Å². The van der Waals surface area contributed by atoms with E-state index in [-0.39, 0.29) is 79.2 Å². The molecule has 7 rings (SSSR count). The molecule has 20 nitrogen and oxygen atoms in total. The van der Waals surface area contributed by atoms with Gasteiger partial charge < -0.3 is 43.8 Å². The number of nitriles is 1. The summed E-state index contributed by atoms with van der Waals surface area (Å²) in [5.74, 6) is -3.87. The van der Waals surface area contributed by atoms with Gasteiger partial charge in [-0.25, -0.2) is 14.5 Å².